The molecule has 0 radical (unpaired) electrons. The zero-order valence-corrected chi connectivity index (χ0v) is 12.2. The monoisotopic (exact) mass is 272 g/mol. The van der Waals surface area contributed by atoms with Crippen LogP contribution in [0.25, 0.3) is 0 Å². The fourth-order valence-corrected chi connectivity index (χ4v) is 3.60. The number of hydrogen-bond acceptors (Lipinski definition) is 2. The molecule has 2 aliphatic rings. The average molecular weight is 272 g/mol. The highest BCUT2D eigenvalue weighted by Crippen LogP contribution is 2.28. The number of hydrogen-bond donors (Lipinski definition) is 1. The van der Waals surface area contributed by atoms with Gasteiger partial charge in [-0.25, -0.2) is 0 Å². The molecule has 108 valence electrons. The quantitative estimate of drug-likeness (QED) is 0.915. The zero-order chi connectivity index (χ0) is 13.9. The Kier molecular flexibility index (Phi) is 4.06. The Morgan fingerprint density at radius 3 is 2.80 bits per heavy atom. The van der Waals surface area contributed by atoms with Gasteiger partial charge in [-0.2, -0.15) is 0 Å². The molecule has 0 spiro atoms. The van der Waals surface area contributed by atoms with Crippen molar-refractivity contribution < 1.29 is 4.79 Å². The van der Waals surface area contributed by atoms with Crippen molar-refractivity contribution in [2.45, 2.75) is 44.7 Å². The zero-order valence-electron chi connectivity index (χ0n) is 12.2. The van der Waals surface area contributed by atoms with E-state index in [-0.39, 0.29) is 6.04 Å². The molecule has 20 heavy (non-hydrogen) atoms. The molecule has 0 aromatic heterocycles. The van der Waals surface area contributed by atoms with Gasteiger partial charge in [0.05, 0.1) is 6.04 Å². The number of nitrogens with zero attached hydrogens (tertiary/aromatic N) is 1. The number of carbonyl (C=O) groups excluding carboxylic acids is 1. The van der Waals surface area contributed by atoms with Gasteiger partial charge in [-0.3, -0.25) is 4.79 Å². The third-order valence-corrected chi connectivity index (χ3v) is 4.90. The maximum atomic E-state index is 12.5. The van der Waals surface area contributed by atoms with Gasteiger partial charge in [0, 0.05) is 12.6 Å². The van der Waals surface area contributed by atoms with Gasteiger partial charge in [-0.1, -0.05) is 30.3 Å². The van der Waals surface area contributed by atoms with Crippen molar-refractivity contribution in [3.63, 3.8) is 0 Å². The SMILES string of the molecule is C[C@@H]1[C@@H](Cc2ccccc2)CCN1C(=O)[C@@H]1CCCN1. The fourth-order valence-electron chi connectivity index (χ4n) is 3.60. The lowest BCUT2D eigenvalue weighted by molar-refractivity contribution is -0.133. The predicted octanol–water partition coefficient (Wildman–Crippen LogP) is 2.22. The highest BCUT2D eigenvalue weighted by Gasteiger charge is 2.37. The molecule has 0 saturated carbocycles. The van der Waals surface area contributed by atoms with Crippen LogP contribution in [-0.4, -0.2) is 36.0 Å². The summed E-state index contributed by atoms with van der Waals surface area (Å²) in [7, 11) is 0. The second-order valence-electron chi connectivity index (χ2n) is 6.16. The number of amides is 1. The number of rotatable bonds is 3. The Morgan fingerprint density at radius 1 is 1.30 bits per heavy atom. The van der Waals surface area contributed by atoms with E-state index in [4.69, 9.17) is 0 Å². The van der Waals surface area contributed by atoms with Crippen LogP contribution in [0.15, 0.2) is 30.3 Å². The van der Waals surface area contributed by atoms with Crippen molar-refractivity contribution in [2.75, 3.05) is 13.1 Å². The lowest BCUT2D eigenvalue weighted by Gasteiger charge is -2.27. The van der Waals surface area contributed by atoms with Crippen LogP contribution in [0.1, 0.15) is 31.7 Å². The predicted molar refractivity (Wildman–Crippen MR) is 80.5 cm³/mol. The van der Waals surface area contributed by atoms with E-state index in [1.165, 1.54) is 5.56 Å². The Balaban J connectivity index is 1.61. The Labute approximate surface area is 121 Å². The number of nitrogens with one attached hydrogen (secondary N) is 1. The summed E-state index contributed by atoms with van der Waals surface area (Å²) < 4.78 is 0. The number of likely N-dealkylation sites (tertiary alicyclic amines) is 1. The molecule has 1 aromatic carbocycles. The Morgan fingerprint density at radius 2 is 2.10 bits per heavy atom. The van der Waals surface area contributed by atoms with Crippen molar-refractivity contribution in [1.29, 1.82) is 0 Å². The summed E-state index contributed by atoms with van der Waals surface area (Å²) in [6.07, 6.45) is 4.36. The van der Waals surface area contributed by atoms with Crippen LogP contribution in [0.4, 0.5) is 0 Å². The molecule has 0 aliphatic carbocycles. The minimum Gasteiger partial charge on any atom is -0.338 e. The molecule has 3 heteroatoms. The van der Waals surface area contributed by atoms with E-state index in [1.54, 1.807) is 0 Å². The van der Waals surface area contributed by atoms with Crippen molar-refractivity contribution >= 4 is 5.91 Å². The first kappa shape index (κ1) is 13.6. The van der Waals surface area contributed by atoms with Gasteiger partial charge in [0.2, 0.25) is 5.91 Å². The normalized spacial score (nSPS) is 29.9. The molecule has 1 N–H and O–H groups in total. The smallest absolute Gasteiger partial charge is 0.239 e. The van der Waals surface area contributed by atoms with Gasteiger partial charge in [0.15, 0.2) is 0 Å². The fraction of sp³-hybridized carbons (Fsp3) is 0.588. The van der Waals surface area contributed by atoms with Crippen LogP contribution >= 0.6 is 0 Å². The summed E-state index contributed by atoms with van der Waals surface area (Å²) in [5.74, 6) is 0.924. The minimum absolute atomic E-state index is 0.0768. The summed E-state index contributed by atoms with van der Waals surface area (Å²) >= 11 is 0. The van der Waals surface area contributed by atoms with Crippen LogP contribution in [-0.2, 0) is 11.2 Å². The lowest BCUT2D eigenvalue weighted by atomic mass is 9.93. The molecule has 0 unspecified atom stereocenters. The first-order valence-corrected chi connectivity index (χ1v) is 7.83. The summed E-state index contributed by atoms with van der Waals surface area (Å²) in [6, 6.07) is 11.1. The van der Waals surface area contributed by atoms with E-state index in [1.807, 2.05) is 0 Å². The van der Waals surface area contributed by atoms with Crippen LogP contribution < -0.4 is 5.32 Å². The number of benzene rings is 1. The van der Waals surface area contributed by atoms with Gasteiger partial charge < -0.3 is 10.2 Å². The molecule has 0 bridgehead atoms. The molecule has 3 nitrogen and oxygen atoms in total. The van der Waals surface area contributed by atoms with Crippen molar-refractivity contribution in [3.05, 3.63) is 35.9 Å². The average Bonchev–Trinajstić information content (AvgIpc) is 3.11. The van der Waals surface area contributed by atoms with E-state index in [9.17, 15) is 4.79 Å². The topological polar surface area (TPSA) is 32.3 Å². The third kappa shape index (κ3) is 2.73. The summed E-state index contributed by atoms with van der Waals surface area (Å²) in [5, 5.41) is 3.33. The van der Waals surface area contributed by atoms with E-state index in [0.717, 1.165) is 38.8 Å². The van der Waals surface area contributed by atoms with Crippen molar-refractivity contribution in [1.82, 2.24) is 10.2 Å². The van der Waals surface area contributed by atoms with Gasteiger partial charge in [0.1, 0.15) is 0 Å². The number of carbonyl (C=O) groups is 1. The summed E-state index contributed by atoms with van der Waals surface area (Å²) in [6.45, 7) is 4.13. The molecule has 2 fully saturated rings. The molecular weight excluding hydrogens is 248 g/mol. The van der Waals surface area contributed by atoms with E-state index < -0.39 is 0 Å². The summed E-state index contributed by atoms with van der Waals surface area (Å²) in [4.78, 5) is 14.6. The maximum absolute atomic E-state index is 12.5. The first-order valence-electron chi connectivity index (χ1n) is 7.83. The maximum Gasteiger partial charge on any atom is 0.239 e. The minimum atomic E-state index is 0.0768. The third-order valence-electron chi connectivity index (χ3n) is 4.90. The standard InChI is InChI=1S/C17H24N2O/c1-13-15(12-14-6-3-2-4-7-14)9-11-19(13)17(20)16-8-5-10-18-16/h2-4,6-7,13,15-16,18H,5,8-12H2,1H3/t13-,15-,16+/m1/s1. The van der Waals surface area contributed by atoms with Gasteiger partial charge in [-0.15, -0.1) is 0 Å². The van der Waals surface area contributed by atoms with E-state index in [2.05, 4.69) is 47.5 Å². The van der Waals surface area contributed by atoms with Crippen molar-refractivity contribution in [2.24, 2.45) is 5.92 Å². The van der Waals surface area contributed by atoms with E-state index in [0.29, 0.717) is 17.9 Å². The van der Waals surface area contributed by atoms with Gasteiger partial charge in [-0.05, 0) is 50.6 Å². The molecule has 2 aliphatic heterocycles. The lowest BCUT2D eigenvalue weighted by Crippen LogP contribution is -2.46. The highest BCUT2D eigenvalue weighted by molar-refractivity contribution is 5.82. The van der Waals surface area contributed by atoms with Crippen molar-refractivity contribution in [3.8, 4) is 0 Å². The molecule has 3 rings (SSSR count). The highest BCUT2D eigenvalue weighted by atomic mass is 16.2. The molecule has 1 aromatic rings. The van der Waals surface area contributed by atoms with Crippen LogP contribution in [0.2, 0.25) is 0 Å². The molecule has 3 atom stereocenters. The Bertz CT molecular complexity index is 453. The second-order valence-corrected chi connectivity index (χ2v) is 6.16. The summed E-state index contributed by atoms with van der Waals surface area (Å²) in [5.41, 5.74) is 1.39. The van der Waals surface area contributed by atoms with Crippen LogP contribution in [0.5, 0.6) is 0 Å². The van der Waals surface area contributed by atoms with Crippen LogP contribution in [0, 0.1) is 5.92 Å². The van der Waals surface area contributed by atoms with E-state index >= 15 is 0 Å². The second kappa shape index (κ2) is 5.96. The van der Waals surface area contributed by atoms with Gasteiger partial charge in [0.25, 0.3) is 0 Å². The van der Waals surface area contributed by atoms with Crippen LogP contribution in [0.3, 0.4) is 0 Å². The largest absolute Gasteiger partial charge is 0.338 e. The first-order chi connectivity index (χ1) is 9.75. The van der Waals surface area contributed by atoms with Gasteiger partial charge >= 0.3 is 0 Å². The Hall–Kier alpha value is -1.35. The molecule has 2 saturated heterocycles. The molecule has 2 heterocycles. The molecular formula is C17H24N2O. The molecule has 1 amide bonds.